The Morgan fingerprint density at radius 3 is 2.44 bits per heavy atom. The van der Waals surface area contributed by atoms with Gasteiger partial charge in [-0.05, 0) is 50.8 Å². The molecule has 1 unspecified atom stereocenters. The van der Waals surface area contributed by atoms with Gasteiger partial charge >= 0.3 is 12.1 Å². The number of methoxy groups -OCH3 is 1. The van der Waals surface area contributed by atoms with Gasteiger partial charge in [0, 0.05) is 37.6 Å². The molecule has 0 bridgehead atoms. The van der Waals surface area contributed by atoms with Crippen molar-refractivity contribution in [3.05, 3.63) is 36.7 Å². The van der Waals surface area contributed by atoms with Crippen molar-refractivity contribution in [2.75, 3.05) is 33.4 Å². The summed E-state index contributed by atoms with van der Waals surface area (Å²) in [5.41, 5.74) is 1.27. The summed E-state index contributed by atoms with van der Waals surface area (Å²) in [5, 5.41) is 2.84. The Labute approximate surface area is 188 Å². The number of carbonyl (C=O) groups is 2. The monoisotopic (exact) mass is 442 g/mol. The number of benzene rings is 1. The molecule has 0 saturated carbocycles. The normalized spacial score (nSPS) is 15.9. The van der Waals surface area contributed by atoms with Gasteiger partial charge < -0.3 is 24.4 Å². The van der Waals surface area contributed by atoms with Gasteiger partial charge in [0.15, 0.2) is 6.61 Å². The van der Waals surface area contributed by atoms with Gasteiger partial charge in [-0.3, -0.25) is 4.79 Å². The average molecular weight is 443 g/mol. The van der Waals surface area contributed by atoms with Gasteiger partial charge in [-0.1, -0.05) is 12.1 Å². The second-order valence-electron chi connectivity index (χ2n) is 8.66. The molecule has 2 heterocycles. The molecule has 3 rings (SSSR count). The minimum absolute atomic E-state index is 0.134. The van der Waals surface area contributed by atoms with Crippen molar-refractivity contribution in [2.45, 2.75) is 32.8 Å². The highest BCUT2D eigenvalue weighted by Crippen LogP contribution is 2.22. The fraction of sp³-hybridized carbons (Fsp3) is 0.478. The third-order valence-electron chi connectivity index (χ3n) is 4.91. The van der Waals surface area contributed by atoms with E-state index in [9.17, 15) is 9.59 Å². The van der Waals surface area contributed by atoms with E-state index in [-0.39, 0.29) is 30.5 Å². The van der Waals surface area contributed by atoms with Gasteiger partial charge in [0.25, 0.3) is 5.91 Å². The Morgan fingerprint density at radius 1 is 1.12 bits per heavy atom. The fourth-order valence-corrected chi connectivity index (χ4v) is 3.25. The molecule has 1 atom stereocenters. The molecule has 2 aromatic rings. The number of nitrogens with one attached hydrogen (secondary N) is 1. The van der Waals surface area contributed by atoms with E-state index in [4.69, 9.17) is 14.2 Å². The molecule has 172 valence electrons. The van der Waals surface area contributed by atoms with Crippen molar-refractivity contribution < 1.29 is 23.8 Å². The molecule has 1 fully saturated rings. The second-order valence-corrected chi connectivity index (χ2v) is 8.66. The third-order valence-corrected chi connectivity index (χ3v) is 4.91. The van der Waals surface area contributed by atoms with Gasteiger partial charge in [-0.15, -0.1) is 0 Å². The van der Waals surface area contributed by atoms with Crippen LogP contribution in [0, 0.1) is 5.92 Å². The first-order valence-corrected chi connectivity index (χ1v) is 10.6. The SMILES string of the molecule is COc1ccc(-c2cnc(OCC(=O)NCC3CCN(C(=O)OC(C)(C)C)C3)nc2)cc1. The Kier molecular flexibility index (Phi) is 7.50. The Hall–Kier alpha value is -3.36. The first kappa shape index (κ1) is 23.3. The number of likely N-dealkylation sites (tertiary alicyclic amines) is 1. The molecular formula is C23H30N4O5. The lowest BCUT2D eigenvalue weighted by molar-refractivity contribution is -0.123. The summed E-state index contributed by atoms with van der Waals surface area (Å²) >= 11 is 0. The predicted molar refractivity (Wildman–Crippen MR) is 118 cm³/mol. The highest BCUT2D eigenvalue weighted by atomic mass is 16.6. The molecule has 9 nitrogen and oxygen atoms in total. The van der Waals surface area contributed by atoms with E-state index >= 15 is 0 Å². The molecule has 1 aromatic carbocycles. The van der Waals surface area contributed by atoms with Crippen LogP contribution in [0.15, 0.2) is 36.7 Å². The minimum Gasteiger partial charge on any atom is -0.497 e. The molecule has 9 heteroatoms. The van der Waals surface area contributed by atoms with Crippen LogP contribution in [0.5, 0.6) is 11.8 Å². The van der Waals surface area contributed by atoms with Gasteiger partial charge in [0.05, 0.1) is 7.11 Å². The first-order valence-electron chi connectivity index (χ1n) is 10.6. The maximum atomic E-state index is 12.1. The largest absolute Gasteiger partial charge is 0.497 e. The van der Waals surface area contributed by atoms with E-state index in [1.165, 1.54) is 0 Å². The molecule has 0 radical (unpaired) electrons. The van der Waals surface area contributed by atoms with Crippen LogP contribution in [-0.2, 0) is 9.53 Å². The zero-order valence-electron chi connectivity index (χ0n) is 19.0. The van der Waals surface area contributed by atoms with Crippen LogP contribution < -0.4 is 14.8 Å². The highest BCUT2D eigenvalue weighted by Gasteiger charge is 2.29. The quantitative estimate of drug-likeness (QED) is 0.703. The van der Waals surface area contributed by atoms with Gasteiger partial charge in [0.1, 0.15) is 11.4 Å². The van der Waals surface area contributed by atoms with Crippen LogP contribution in [0.2, 0.25) is 0 Å². The molecule has 1 aromatic heterocycles. The zero-order valence-corrected chi connectivity index (χ0v) is 19.0. The number of rotatable bonds is 7. The number of hydrogen-bond acceptors (Lipinski definition) is 7. The summed E-state index contributed by atoms with van der Waals surface area (Å²) in [6.07, 6.45) is 3.79. The number of hydrogen-bond donors (Lipinski definition) is 1. The van der Waals surface area contributed by atoms with Crippen LogP contribution in [0.3, 0.4) is 0 Å². The summed E-state index contributed by atoms with van der Waals surface area (Å²) in [7, 11) is 1.62. The van der Waals surface area contributed by atoms with Crippen LogP contribution in [0.4, 0.5) is 4.79 Å². The van der Waals surface area contributed by atoms with Gasteiger partial charge in [0.2, 0.25) is 0 Å². The average Bonchev–Trinajstić information content (AvgIpc) is 3.25. The van der Waals surface area contributed by atoms with Crippen molar-refractivity contribution in [1.82, 2.24) is 20.2 Å². The molecule has 2 amide bonds. The van der Waals surface area contributed by atoms with E-state index in [0.29, 0.717) is 19.6 Å². The molecule has 0 spiro atoms. The Balaban J connectivity index is 1.39. The van der Waals surface area contributed by atoms with Crippen molar-refractivity contribution in [3.8, 4) is 22.9 Å². The Bertz CT molecular complexity index is 909. The van der Waals surface area contributed by atoms with Crippen molar-refractivity contribution in [1.29, 1.82) is 0 Å². The molecule has 32 heavy (non-hydrogen) atoms. The maximum Gasteiger partial charge on any atom is 0.410 e. The highest BCUT2D eigenvalue weighted by molar-refractivity contribution is 5.77. The van der Waals surface area contributed by atoms with E-state index in [0.717, 1.165) is 23.3 Å². The number of carbonyl (C=O) groups excluding carboxylic acids is 2. The van der Waals surface area contributed by atoms with Crippen LogP contribution in [0.1, 0.15) is 27.2 Å². The summed E-state index contributed by atoms with van der Waals surface area (Å²) in [5.74, 6) is 0.700. The van der Waals surface area contributed by atoms with E-state index in [1.807, 2.05) is 45.0 Å². The topological polar surface area (TPSA) is 103 Å². The maximum absolute atomic E-state index is 12.1. The summed E-state index contributed by atoms with van der Waals surface area (Å²) in [6, 6.07) is 7.69. The van der Waals surface area contributed by atoms with Gasteiger partial charge in [-0.2, -0.15) is 0 Å². The predicted octanol–water partition coefficient (Wildman–Crippen LogP) is 2.90. The van der Waals surface area contributed by atoms with Crippen LogP contribution >= 0.6 is 0 Å². The minimum atomic E-state index is -0.518. The molecule has 1 N–H and O–H groups in total. The summed E-state index contributed by atoms with van der Waals surface area (Å²) in [6.45, 7) is 7.01. The number of amides is 2. The van der Waals surface area contributed by atoms with Gasteiger partial charge in [-0.25, -0.2) is 14.8 Å². The third kappa shape index (κ3) is 6.83. The number of nitrogens with zero attached hydrogens (tertiary/aromatic N) is 3. The van der Waals surface area contributed by atoms with Crippen molar-refractivity contribution in [3.63, 3.8) is 0 Å². The zero-order chi connectivity index (χ0) is 23.1. The lowest BCUT2D eigenvalue weighted by atomic mass is 10.1. The standard InChI is InChI=1S/C23H30N4O5/c1-23(2,3)32-22(29)27-10-9-16(14-27)11-24-20(28)15-31-21-25-12-18(13-26-21)17-5-7-19(30-4)8-6-17/h5-8,12-13,16H,9-11,14-15H2,1-4H3,(H,24,28). The first-order chi connectivity index (χ1) is 15.2. The molecule has 0 aliphatic carbocycles. The second kappa shape index (κ2) is 10.3. The summed E-state index contributed by atoms with van der Waals surface area (Å²) < 4.78 is 15.9. The van der Waals surface area contributed by atoms with Crippen molar-refractivity contribution in [2.24, 2.45) is 5.92 Å². The molecule has 1 aliphatic heterocycles. The number of ether oxygens (including phenoxy) is 3. The fourth-order valence-electron chi connectivity index (χ4n) is 3.25. The van der Waals surface area contributed by atoms with Crippen LogP contribution in [0.25, 0.3) is 11.1 Å². The molecule has 1 saturated heterocycles. The Morgan fingerprint density at radius 2 is 1.81 bits per heavy atom. The molecular weight excluding hydrogens is 412 g/mol. The smallest absolute Gasteiger partial charge is 0.410 e. The van der Waals surface area contributed by atoms with E-state index < -0.39 is 5.60 Å². The lowest BCUT2D eigenvalue weighted by Gasteiger charge is -2.24. The molecule has 1 aliphatic rings. The number of aromatic nitrogens is 2. The summed E-state index contributed by atoms with van der Waals surface area (Å²) in [4.78, 5) is 34.2. The van der Waals surface area contributed by atoms with E-state index in [1.54, 1.807) is 24.4 Å². The van der Waals surface area contributed by atoms with Crippen LogP contribution in [-0.4, -0.2) is 65.8 Å². The van der Waals surface area contributed by atoms with Crippen molar-refractivity contribution >= 4 is 12.0 Å². The lowest BCUT2D eigenvalue weighted by Crippen LogP contribution is -2.37. The van der Waals surface area contributed by atoms with E-state index in [2.05, 4.69) is 15.3 Å².